The second-order valence-electron chi connectivity index (χ2n) is 4.99. The largest absolute Gasteiger partial charge is 0.506 e. The number of nitrogens with one attached hydrogen (secondary N) is 1. The summed E-state index contributed by atoms with van der Waals surface area (Å²) in [6.45, 7) is 3.91. The molecule has 0 heterocycles. The van der Waals surface area contributed by atoms with Gasteiger partial charge in [0.1, 0.15) is 12.4 Å². The van der Waals surface area contributed by atoms with Crippen LogP contribution in [0.15, 0.2) is 57.0 Å². The highest BCUT2D eigenvalue weighted by atomic mass is 79.9. The fraction of sp³-hybridized carbons (Fsp3) is 0.111. The average Bonchev–Trinajstić information content (AvgIpc) is 2.63. The van der Waals surface area contributed by atoms with Gasteiger partial charge in [0, 0.05) is 15.6 Å². The summed E-state index contributed by atoms with van der Waals surface area (Å²) in [5.41, 5.74) is 3.20. The third-order valence-corrected chi connectivity index (χ3v) is 4.27. The number of hydrogen-bond acceptors (Lipinski definition) is 5. The summed E-state index contributed by atoms with van der Waals surface area (Å²) in [6.07, 6.45) is 2.96. The molecule has 0 radical (unpaired) electrons. The van der Waals surface area contributed by atoms with Gasteiger partial charge in [-0.15, -0.1) is 0 Å². The molecule has 0 bridgehead atoms. The summed E-state index contributed by atoms with van der Waals surface area (Å²) in [4.78, 5) is 12.2. The lowest BCUT2D eigenvalue weighted by Crippen LogP contribution is -2.17. The minimum Gasteiger partial charge on any atom is -0.506 e. The van der Waals surface area contributed by atoms with Gasteiger partial charge in [-0.3, -0.25) is 4.79 Å². The molecule has 26 heavy (non-hydrogen) atoms. The zero-order chi connectivity index (χ0) is 19.1. The van der Waals surface area contributed by atoms with Crippen molar-refractivity contribution in [1.29, 1.82) is 0 Å². The van der Waals surface area contributed by atoms with Crippen LogP contribution >= 0.6 is 31.9 Å². The summed E-state index contributed by atoms with van der Waals surface area (Å²) in [7, 11) is 1.49. The monoisotopic (exact) mass is 482 g/mol. The van der Waals surface area contributed by atoms with Crippen molar-refractivity contribution >= 4 is 44.0 Å². The number of nitrogens with zero attached hydrogens (tertiary/aromatic N) is 1. The first-order valence-electron chi connectivity index (χ1n) is 7.39. The summed E-state index contributed by atoms with van der Waals surface area (Å²) in [5.74, 6) is 0.536. The molecular formula is C18H16Br2N2O4. The number of methoxy groups -OCH3 is 1. The van der Waals surface area contributed by atoms with E-state index in [9.17, 15) is 9.90 Å². The lowest BCUT2D eigenvalue weighted by atomic mass is 10.2. The van der Waals surface area contributed by atoms with Crippen LogP contribution in [0, 0.1) is 0 Å². The minimum absolute atomic E-state index is 0.0246. The molecule has 0 saturated carbocycles. The summed E-state index contributed by atoms with van der Waals surface area (Å²) < 4.78 is 11.9. The number of phenolic OH excluding ortho intramolecular Hbond substituents is 1. The SMILES string of the molecule is C=CCOc1ccc(C(=O)N/N=C/c2cc(Br)cc(Br)c2O)cc1OC. The highest BCUT2D eigenvalue weighted by molar-refractivity contribution is 9.11. The minimum atomic E-state index is -0.427. The third-order valence-electron chi connectivity index (χ3n) is 3.21. The molecule has 0 saturated heterocycles. The van der Waals surface area contributed by atoms with E-state index in [1.54, 1.807) is 36.4 Å². The summed E-state index contributed by atoms with van der Waals surface area (Å²) >= 11 is 6.56. The van der Waals surface area contributed by atoms with Crippen LogP contribution in [0.25, 0.3) is 0 Å². The molecule has 0 fully saturated rings. The fourth-order valence-electron chi connectivity index (χ4n) is 1.99. The Labute approximate surface area is 167 Å². The number of phenols is 1. The lowest BCUT2D eigenvalue weighted by molar-refractivity contribution is 0.0954. The van der Waals surface area contributed by atoms with Crippen LogP contribution in [-0.4, -0.2) is 30.9 Å². The predicted molar refractivity (Wildman–Crippen MR) is 107 cm³/mol. The number of ether oxygens (including phenoxy) is 2. The second kappa shape index (κ2) is 9.40. The smallest absolute Gasteiger partial charge is 0.271 e. The number of carbonyl (C=O) groups excluding carboxylic acids is 1. The van der Waals surface area contributed by atoms with Crippen LogP contribution in [-0.2, 0) is 0 Å². The molecule has 2 rings (SSSR count). The molecule has 0 spiro atoms. The van der Waals surface area contributed by atoms with E-state index in [4.69, 9.17) is 9.47 Å². The van der Waals surface area contributed by atoms with E-state index in [0.29, 0.717) is 33.7 Å². The molecular weight excluding hydrogens is 468 g/mol. The highest BCUT2D eigenvalue weighted by Crippen LogP contribution is 2.30. The van der Waals surface area contributed by atoms with Crippen LogP contribution in [0.4, 0.5) is 0 Å². The molecule has 1 amide bonds. The maximum atomic E-state index is 12.2. The van der Waals surface area contributed by atoms with Crippen LogP contribution in [0.5, 0.6) is 17.2 Å². The van der Waals surface area contributed by atoms with E-state index < -0.39 is 5.91 Å². The van der Waals surface area contributed by atoms with Crippen molar-refractivity contribution in [2.24, 2.45) is 5.10 Å². The van der Waals surface area contributed by atoms with Crippen LogP contribution in [0.2, 0.25) is 0 Å². The summed E-state index contributed by atoms with van der Waals surface area (Å²) in [5, 5.41) is 13.8. The number of hydrogen-bond donors (Lipinski definition) is 2. The van der Waals surface area contributed by atoms with Gasteiger partial charge in [0.05, 0.1) is 17.8 Å². The number of hydrazone groups is 1. The zero-order valence-corrected chi connectivity index (χ0v) is 17.0. The van der Waals surface area contributed by atoms with Crippen LogP contribution < -0.4 is 14.9 Å². The van der Waals surface area contributed by atoms with Gasteiger partial charge in [-0.1, -0.05) is 28.6 Å². The van der Waals surface area contributed by atoms with Crippen molar-refractivity contribution in [2.75, 3.05) is 13.7 Å². The van der Waals surface area contributed by atoms with Crippen molar-refractivity contribution in [3.63, 3.8) is 0 Å². The lowest BCUT2D eigenvalue weighted by Gasteiger charge is -2.10. The number of rotatable bonds is 7. The third kappa shape index (κ3) is 5.09. The molecule has 0 aliphatic carbocycles. The molecule has 0 atom stereocenters. The molecule has 6 nitrogen and oxygen atoms in total. The summed E-state index contributed by atoms with van der Waals surface area (Å²) in [6, 6.07) is 8.16. The topological polar surface area (TPSA) is 80.2 Å². The second-order valence-corrected chi connectivity index (χ2v) is 6.76. The first-order valence-corrected chi connectivity index (χ1v) is 8.98. The van der Waals surface area contributed by atoms with Gasteiger partial charge in [-0.25, -0.2) is 5.43 Å². The molecule has 2 aromatic carbocycles. The zero-order valence-electron chi connectivity index (χ0n) is 13.8. The average molecular weight is 484 g/mol. The van der Waals surface area contributed by atoms with Gasteiger partial charge in [0.25, 0.3) is 5.91 Å². The molecule has 0 aromatic heterocycles. The Kier molecular flexibility index (Phi) is 7.23. The molecule has 0 aliphatic rings. The van der Waals surface area contributed by atoms with Gasteiger partial charge in [-0.2, -0.15) is 5.10 Å². The van der Waals surface area contributed by atoms with E-state index in [1.165, 1.54) is 13.3 Å². The molecule has 8 heteroatoms. The fourth-order valence-corrected chi connectivity index (χ4v) is 3.24. The Bertz CT molecular complexity index is 853. The van der Waals surface area contributed by atoms with Crippen molar-refractivity contribution < 1.29 is 19.4 Å². The van der Waals surface area contributed by atoms with Crippen LogP contribution in [0.1, 0.15) is 15.9 Å². The highest BCUT2D eigenvalue weighted by Gasteiger charge is 2.11. The van der Waals surface area contributed by atoms with Crippen LogP contribution in [0.3, 0.4) is 0 Å². The normalized spacial score (nSPS) is 10.6. The number of amides is 1. The number of benzene rings is 2. The first kappa shape index (κ1) is 20.0. The van der Waals surface area contributed by atoms with E-state index in [2.05, 4.69) is 49.0 Å². The maximum Gasteiger partial charge on any atom is 0.271 e. The Morgan fingerprint density at radius 3 is 2.77 bits per heavy atom. The van der Waals surface area contributed by atoms with Crippen molar-refractivity contribution in [3.8, 4) is 17.2 Å². The number of halogens is 2. The Morgan fingerprint density at radius 2 is 2.08 bits per heavy atom. The number of aromatic hydroxyl groups is 1. The Balaban J connectivity index is 2.11. The van der Waals surface area contributed by atoms with Crippen molar-refractivity contribution in [1.82, 2.24) is 5.43 Å². The Morgan fingerprint density at radius 1 is 1.31 bits per heavy atom. The molecule has 0 aliphatic heterocycles. The van der Waals surface area contributed by atoms with Gasteiger partial charge in [0.2, 0.25) is 0 Å². The molecule has 0 unspecified atom stereocenters. The number of carbonyl (C=O) groups is 1. The van der Waals surface area contributed by atoms with E-state index in [0.717, 1.165) is 4.47 Å². The van der Waals surface area contributed by atoms with E-state index in [1.807, 2.05) is 0 Å². The molecule has 2 aromatic rings. The maximum absolute atomic E-state index is 12.2. The predicted octanol–water partition coefficient (Wildman–Crippen LogP) is 4.25. The van der Waals surface area contributed by atoms with Crippen molar-refractivity contribution in [3.05, 3.63) is 63.1 Å². The van der Waals surface area contributed by atoms with Gasteiger partial charge >= 0.3 is 0 Å². The molecule has 136 valence electrons. The van der Waals surface area contributed by atoms with E-state index >= 15 is 0 Å². The van der Waals surface area contributed by atoms with Gasteiger partial charge in [-0.05, 0) is 46.3 Å². The first-order chi connectivity index (χ1) is 12.5. The van der Waals surface area contributed by atoms with Gasteiger partial charge < -0.3 is 14.6 Å². The molecule has 2 N–H and O–H groups in total. The quantitative estimate of drug-likeness (QED) is 0.350. The van der Waals surface area contributed by atoms with Crippen molar-refractivity contribution in [2.45, 2.75) is 0 Å². The van der Waals surface area contributed by atoms with E-state index in [-0.39, 0.29) is 5.75 Å². The van der Waals surface area contributed by atoms with Gasteiger partial charge in [0.15, 0.2) is 11.5 Å². The Hall–Kier alpha value is -2.32. The standard InChI is InChI=1S/C18H16Br2N2O4/c1-3-6-26-15-5-4-11(8-16(15)25-2)18(24)22-21-10-12-7-13(19)9-14(20)17(12)23/h3-5,7-10,23H,1,6H2,2H3,(H,22,24)/b21-10+.